The number of hydrogen-bond acceptors (Lipinski definition) is 5. The van der Waals surface area contributed by atoms with E-state index in [2.05, 4.69) is 15.8 Å². The van der Waals surface area contributed by atoms with Crippen LogP contribution in [0.1, 0.15) is 18.4 Å². The first-order valence-corrected chi connectivity index (χ1v) is 8.90. The van der Waals surface area contributed by atoms with E-state index in [9.17, 15) is 19.7 Å². The molecule has 0 aliphatic rings. The topological polar surface area (TPSA) is 114 Å². The van der Waals surface area contributed by atoms with Crippen LogP contribution >= 0.6 is 34.8 Å². The molecule has 2 rings (SSSR count). The molecule has 0 bridgehead atoms. The van der Waals surface area contributed by atoms with Gasteiger partial charge in [-0.1, -0.05) is 40.9 Å². The molecule has 0 unspecified atom stereocenters. The zero-order valence-electron chi connectivity index (χ0n) is 14.1. The third-order valence-electron chi connectivity index (χ3n) is 3.35. The summed E-state index contributed by atoms with van der Waals surface area (Å²) in [6, 6.07) is 8.70. The summed E-state index contributed by atoms with van der Waals surface area (Å²) in [6.07, 6.45) is 1.02. The lowest BCUT2D eigenvalue weighted by molar-refractivity contribution is -0.384. The van der Waals surface area contributed by atoms with Crippen molar-refractivity contribution in [3.05, 3.63) is 67.1 Å². The molecule has 2 N–H and O–H groups in total. The van der Waals surface area contributed by atoms with Crippen LogP contribution in [0, 0.1) is 10.1 Å². The van der Waals surface area contributed by atoms with Crippen LogP contribution in [0.5, 0.6) is 0 Å². The first-order chi connectivity index (χ1) is 13.3. The van der Waals surface area contributed by atoms with Crippen LogP contribution in [-0.4, -0.2) is 23.0 Å². The summed E-state index contributed by atoms with van der Waals surface area (Å²) in [5, 5.41) is 17.8. The highest BCUT2D eigenvalue weighted by molar-refractivity contribution is 6.36. The Labute approximate surface area is 174 Å². The zero-order chi connectivity index (χ0) is 20.7. The second-order valence-electron chi connectivity index (χ2n) is 5.43. The van der Waals surface area contributed by atoms with E-state index in [1.807, 2.05) is 0 Å². The first kappa shape index (κ1) is 21.6. The maximum absolute atomic E-state index is 11.9. The molecule has 0 aliphatic carbocycles. The van der Waals surface area contributed by atoms with E-state index in [0.29, 0.717) is 16.3 Å². The highest BCUT2D eigenvalue weighted by Gasteiger charge is 2.12. The lowest BCUT2D eigenvalue weighted by atomic mass is 10.2. The molecule has 146 valence electrons. The van der Waals surface area contributed by atoms with Crippen molar-refractivity contribution in [2.75, 3.05) is 5.32 Å². The lowest BCUT2D eigenvalue weighted by Crippen LogP contribution is -2.20. The molecule has 0 radical (unpaired) electrons. The number of nitrogens with one attached hydrogen (secondary N) is 2. The number of nitro groups is 1. The number of amides is 2. The average molecular weight is 444 g/mol. The summed E-state index contributed by atoms with van der Waals surface area (Å²) in [6.45, 7) is 0. The Bertz CT molecular complexity index is 950. The van der Waals surface area contributed by atoms with Gasteiger partial charge in [-0.3, -0.25) is 19.7 Å². The second kappa shape index (κ2) is 10.0. The minimum atomic E-state index is -0.621. The van der Waals surface area contributed by atoms with E-state index in [0.717, 1.165) is 0 Å². The first-order valence-electron chi connectivity index (χ1n) is 7.77. The van der Waals surface area contributed by atoms with Gasteiger partial charge in [0.2, 0.25) is 11.8 Å². The molecule has 0 saturated carbocycles. The molecule has 0 fully saturated rings. The van der Waals surface area contributed by atoms with Crippen molar-refractivity contribution in [3.8, 4) is 0 Å². The van der Waals surface area contributed by atoms with Gasteiger partial charge >= 0.3 is 0 Å². The SMILES string of the molecule is O=C(CCC(=O)Nc1ccc(Cl)cc1Cl)NN=Cc1ccc(Cl)c([N+](=O)[O-])c1. The van der Waals surface area contributed by atoms with Crippen LogP contribution in [0.2, 0.25) is 15.1 Å². The summed E-state index contributed by atoms with van der Waals surface area (Å²) in [5.74, 6) is -0.909. The summed E-state index contributed by atoms with van der Waals surface area (Å²) in [5.41, 5.74) is 2.74. The fourth-order valence-corrected chi connectivity index (χ4v) is 2.66. The molecule has 0 saturated heterocycles. The number of hydrogen-bond donors (Lipinski definition) is 2. The number of halogens is 3. The smallest absolute Gasteiger partial charge is 0.288 e. The van der Waals surface area contributed by atoms with Crippen molar-refractivity contribution < 1.29 is 14.5 Å². The summed E-state index contributed by atoms with van der Waals surface area (Å²) < 4.78 is 0. The van der Waals surface area contributed by atoms with Crippen molar-refractivity contribution in [3.63, 3.8) is 0 Å². The molecular weight excluding hydrogens is 431 g/mol. The van der Waals surface area contributed by atoms with Gasteiger partial charge in [0.15, 0.2) is 0 Å². The lowest BCUT2D eigenvalue weighted by Gasteiger charge is -2.07. The molecule has 2 amide bonds. The Balaban J connectivity index is 1.82. The predicted octanol–water partition coefficient (Wildman–Crippen LogP) is 4.42. The van der Waals surface area contributed by atoms with E-state index < -0.39 is 16.7 Å². The molecule has 8 nitrogen and oxygen atoms in total. The predicted molar refractivity (Wildman–Crippen MR) is 108 cm³/mol. The van der Waals surface area contributed by atoms with Gasteiger partial charge in [-0.2, -0.15) is 5.10 Å². The highest BCUT2D eigenvalue weighted by Crippen LogP contribution is 2.26. The largest absolute Gasteiger partial charge is 0.325 e. The van der Waals surface area contributed by atoms with Gasteiger partial charge in [0.25, 0.3) is 5.69 Å². The number of hydrazone groups is 1. The van der Waals surface area contributed by atoms with Gasteiger partial charge in [0.05, 0.1) is 21.8 Å². The Morgan fingerprint density at radius 2 is 1.75 bits per heavy atom. The average Bonchev–Trinajstić information content (AvgIpc) is 2.63. The minimum Gasteiger partial charge on any atom is -0.325 e. The van der Waals surface area contributed by atoms with Crippen molar-refractivity contribution in [1.29, 1.82) is 0 Å². The molecule has 2 aromatic rings. The fourth-order valence-electron chi connectivity index (χ4n) is 2.02. The van der Waals surface area contributed by atoms with E-state index in [-0.39, 0.29) is 28.6 Å². The molecule has 2 aromatic carbocycles. The van der Waals surface area contributed by atoms with Crippen molar-refractivity contribution in [2.24, 2.45) is 5.10 Å². The Hall–Kier alpha value is -2.68. The number of benzene rings is 2. The van der Waals surface area contributed by atoms with Gasteiger partial charge in [0, 0.05) is 29.5 Å². The Morgan fingerprint density at radius 3 is 2.43 bits per heavy atom. The van der Waals surface area contributed by atoms with Crippen molar-refractivity contribution in [1.82, 2.24) is 5.43 Å². The molecule has 0 heterocycles. The Kier molecular flexibility index (Phi) is 7.74. The summed E-state index contributed by atoms with van der Waals surface area (Å²) in [7, 11) is 0. The van der Waals surface area contributed by atoms with Gasteiger partial charge in [-0.15, -0.1) is 0 Å². The van der Waals surface area contributed by atoms with Crippen molar-refractivity contribution in [2.45, 2.75) is 12.8 Å². The number of carbonyl (C=O) groups excluding carboxylic acids is 2. The zero-order valence-corrected chi connectivity index (χ0v) is 16.4. The fraction of sp³-hybridized carbons (Fsp3) is 0.118. The second-order valence-corrected chi connectivity index (χ2v) is 6.68. The molecule has 0 aromatic heterocycles. The number of anilines is 1. The normalized spacial score (nSPS) is 10.7. The molecule has 0 aliphatic heterocycles. The maximum atomic E-state index is 11.9. The standard InChI is InChI=1S/C17H13Cl3N4O4/c18-11-2-4-14(13(20)8-11)22-16(25)5-6-17(26)23-21-9-10-1-3-12(19)15(7-10)24(27)28/h1-4,7-9H,5-6H2,(H,22,25)(H,23,26). The van der Waals surface area contributed by atoms with E-state index >= 15 is 0 Å². The number of rotatable bonds is 7. The third-order valence-corrected chi connectivity index (χ3v) is 4.22. The van der Waals surface area contributed by atoms with Crippen LogP contribution < -0.4 is 10.7 Å². The van der Waals surface area contributed by atoms with Crippen LogP contribution in [0.3, 0.4) is 0 Å². The number of nitro benzene ring substituents is 1. The van der Waals surface area contributed by atoms with Crippen LogP contribution in [0.25, 0.3) is 0 Å². The van der Waals surface area contributed by atoms with E-state index in [1.54, 1.807) is 12.1 Å². The molecule has 0 atom stereocenters. The monoisotopic (exact) mass is 442 g/mol. The minimum absolute atomic E-state index is 0.00186. The van der Waals surface area contributed by atoms with Gasteiger partial charge in [0.1, 0.15) is 5.02 Å². The maximum Gasteiger partial charge on any atom is 0.288 e. The Morgan fingerprint density at radius 1 is 1.04 bits per heavy atom. The van der Waals surface area contributed by atoms with Gasteiger partial charge in [-0.25, -0.2) is 5.43 Å². The van der Waals surface area contributed by atoms with Gasteiger partial charge < -0.3 is 5.32 Å². The number of carbonyl (C=O) groups is 2. The highest BCUT2D eigenvalue weighted by atomic mass is 35.5. The summed E-state index contributed by atoms with van der Waals surface area (Å²) >= 11 is 17.4. The summed E-state index contributed by atoms with van der Waals surface area (Å²) in [4.78, 5) is 33.8. The molecule has 28 heavy (non-hydrogen) atoms. The number of nitrogens with zero attached hydrogens (tertiary/aromatic N) is 2. The molecular formula is C17H13Cl3N4O4. The quantitative estimate of drug-likeness (QED) is 0.374. The van der Waals surface area contributed by atoms with Crippen LogP contribution in [0.15, 0.2) is 41.5 Å². The van der Waals surface area contributed by atoms with Crippen LogP contribution in [-0.2, 0) is 9.59 Å². The van der Waals surface area contributed by atoms with E-state index in [1.165, 1.54) is 30.5 Å². The van der Waals surface area contributed by atoms with Crippen LogP contribution in [0.4, 0.5) is 11.4 Å². The third kappa shape index (κ3) is 6.49. The molecule has 11 heteroatoms. The molecule has 0 spiro atoms. The van der Waals surface area contributed by atoms with Crippen molar-refractivity contribution >= 4 is 64.2 Å². The van der Waals surface area contributed by atoms with E-state index in [4.69, 9.17) is 34.8 Å². The van der Waals surface area contributed by atoms with Gasteiger partial charge in [-0.05, 0) is 24.3 Å².